The summed E-state index contributed by atoms with van der Waals surface area (Å²) in [5, 5.41) is 5.94. The SMILES string of the molecule is CCOC(=O)C1=C(COC(=O)c2cc(Cl)nc3ccccc23)NC(=O)N[C@@H]1CC. The number of carbonyl (C=O) groups excluding carboxylic acids is 3. The molecule has 1 aromatic heterocycles. The Morgan fingerprint density at radius 3 is 2.66 bits per heavy atom. The van der Waals surface area contributed by atoms with Crippen LogP contribution in [0.2, 0.25) is 5.15 Å². The Kier molecular flexibility index (Phi) is 6.33. The van der Waals surface area contributed by atoms with Crippen LogP contribution in [-0.4, -0.2) is 42.2 Å². The summed E-state index contributed by atoms with van der Waals surface area (Å²) in [6.07, 6.45) is 0.476. The topological polar surface area (TPSA) is 107 Å². The molecule has 0 fully saturated rings. The maximum atomic E-state index is 12.7. The smallest absolute Gasteiger partial charge is 0.339 e. The molecule has 9 heteroatoms. The third-order valence-corrected chi connectivity index (χ3v) is 4.59. The number of benzene rings is 1. The van der Waals surface area contributed by atoms with Crippen molar-refractivity contribution >= 4 is 40.5 Å². The Labute approximate surface area is 172 Å². The van der Waals surface area contributed by atoms with Gasteiger partial charge in [0.25, 0.3) is 0 Å². The lowest BCUT2D eigenvalue weighted by Crippen LogP contribution is -2.51. The molecule has 2 amide bonds. The number of hydrogen-bond acceptors (Lipinski definition) is 6. The number of pyridine rings is 1. The van der Waals surface area contributed by atoms with Crippen LogP contribution in [0.3, 0.4) is 0 Å². The number of nitrogens with one attached hydrogen (secondary N) is 2. The Hall–Kier alpha value is -3.13. The Morgan fingerprint density at radius 2 is 1.93 bits per heavy atom. The molecule has 0 spiro atoms. The maximum Gasteiger partial charge on any atom is 0.339 e. The highest BCUT2D eigenvalue weighted by Gasteiger charge is 2.32. The predicted molar refractivity (Wildman–Crippen MR) is 106 cm³/mol. The van der Waals surface area contributed by atoms with Crippen LogP contribution in [0, 0.1) is 0 Å². The van der Waals surface area contributed by atoms with E-state index in [-0.39, 0.29) is 35.2 Å². The summed E-state index contributed by atoms with van der Waals surface area (Å²) in [4.78, 5) is 41.2. The first-order valence-electron chi connectivity index (χ1n) is 9.14. The second-order valence-electron chi connectivity index (χ2n) is 6.26. The second-order valence-corrected chi connectivity index (χ2v) is 6.65. The molecule has 2 heterocycles. The third kappa shape index (κ3) is 4.48. The summed E-state index contributed by atoms with van der Waals surface area (Å²) in [5.41, 5.74) is 1.22. The number of carbonyl (C=O) groups is 3. The molecular weight excluding hydrogens is 398 g/mol. The minimum atomic E-state index is -0.651. The van der Waals surface area contributed by atoms with E-state index >= 15 is 0 Å². The van der Waals surface area contributed by atoms with E-state index in [1.165, 1.54) is 6.07 Å². The number of para-hydroxylation sites is 1. The van der Waals surface area contributed by atoms with Crippen LogP contribution in [0.1, 0.15) is 30.6 Å². The van der Waals surface area contributed by atoms with E-state index in [1.54, 1.807) is 31.2 Å². The summed E-state index contributed by atoms with van der Waals surface area (Å²) in [6.45, 7) is 3.39. The van der Waals surface area contributed by atoms with E-state index in [0.29, 0.717) is 17.3 Å². The van der Waals surface area contributed by atoms with Crippen molar-refractivity contribution < 1.29 is 23.9 Å². The van der Waals surface area contributed by atoms with Gasteiger partial charge < -0.3 is 20.1 Å². The molecule has 0 saturated heterocycles. The number of amides is 2. The third-order valence-electron chi connectivity index (χ3n) is 4.40. The van der Waals surface area contributed by atoms with Gasteiger partial charge in [0.2, 0.25) is 0 Å². The molecule has 0 saturated carbocycles. The Balaban J connectivity index is 1.89. The molecule has 0 aliphatic carbocycles. The lowest BCUT2D eigenvalue weighted by atomic mass is 10.0. The fourth-order valence-corrected chi connectivity index (χ4v) is 3.30. The fourth-order valence-electron chi connectivity index (χ4n) is 3.10. The molecule has 0 radical (unpaired) electrons. The monoisotopic (exact) mass is 417 g/mol. The van der Waals surface area contributed by atoms with Gasteiger partial charge in [-0.1, -0.05) is 36.7 Å². The number of esters is 2. The lowest BCUT2D eigenvalue weighted by Gasteiger charge is -2.28. The van der Waals surface area contributed by atoms with Crippen molar-refractivity contribution in [3.8, 4) is 0 Å². The first-order valence-corrected chi connectivity index (χ1v) is 9.52. The molecule has 1 aliphatic rings. The lowest BCUT2D eigenvalue weighted by molar-refractivity contribution is -0.139. The molecule has 2 N–H and O–H groups in total. The van der Waals surface area contributed by atoms with Gasteiger partial charge >= 0.3 is 18.0 Å². The zero-order chi connectivity index (χ0) is 21.0. The molecule has 1 aromatic carbocycles. The van der Waals surface area contributed by atoms with E-state index in [2.05, 4.69) is 15.6 Å². The van der Waals surface area contributed by atoms with Crippen LogP contribution >= 0.6 is 11.6 Å². The van der Waals surface area contributed by atoms with Crippen molar-refractivity contribution in [3.05, 3.63) is 52.3 Å². The van der Waals surface area contributed by atoms with Crippen LogP contribution in [0.4, 0.5) is 4.79 Å². The van der Waals surface area contributed by atoms with Gasteiger partial charge in [0.1, 0.15) is 11.8 Å². The van der Waals surface area contributed by atoms with Crippen LogP contribution in [0.25, 0.3) is 10.9 Å². The molecule has 1 aliphatic heterocycles. The number of fused-ring (bicyclic) bond motifs is 1. The summed E-state index contributed by atoms with van der Waals surface area (Å²) in [5.74, 6) is -1.22. The van der Waals surface area contributed by atoms with Gasteiger partial charge in [-0.05, 0) is 25.5 Å². The second kappa shape index (κ2) is 8.91. The molecule has 1 atom stereocenters. The molecule has 152 valence electrons. The molecule has 29 heavy (non-hydrogen) atoms. The van der Waals surface area contributed by atoms with Crippen LogP contribution in [-0.2, 0) is 14.3 Å². The van der Waals surface area contributed by atoms with Crippen LogP contribution in [0.5, 0.6) is 0 Å². The van der Waals surface area contributed by atoms with Gasteiger partial charge in [0, 0.05) is 5.39 Å². The quantitative estimate of drug-likeness (QED) is 0.552. The standard InChI is InChI=1S/C20H20ClN3O5/c1-3-13-17(19(26)28-4-2)15(24-20(27)23-13)10-29-18(25)12-9-16(21)22-14-8-6-5-7-11(12)14/h5-9,13H,3-4,10H2,1-2H3,(H2,23,24,27)/t13-/m1/s1. The first-order chi connectivity index (χ1) is 13.9. The van der Waals surface area contributed by atoms with Gasteiger partial charge in [-0.15, -0.1) is 0 Å². The normalized spacial score (nSPS) is 16.2. The summed E-state index contributed by atoms with van der Waals surface area (Å²) < 4.78 is 10.5. The van der Waals surface area contributed by atoms with Gasteiger partial charge in [-0.25, -0.2) is 19.4 Å². The van der Waals surface area contributed by atoms with E-state index in [0.717, 1.165) is 0 Å². The molecule has 2 aromatic rings. The first kappa shape index (κ1) is 20.6. The minimum absolute atomic E-state index is 0.156. The van der Waals surface area contributed by atoms with Gasteiger partial charge in [0.15, 0.2) is 0 Å². The maximum absolute atomic E-state index is 12.7. The number of aromatic nitrogens is 1. The van der Waals surface area contributed by atoms with Crippen molar-refractivity contribution in [2.24, 2.45) is 0 Å². The van der Waals surface area contributed by atoms with Gasteiger partial charge in [-0.2, -0.15) is 0 Å². The molecule has 3 rings (SSSR count). The van der Waals surface area contributed by atoms with E-state index in [1.807, 2.05) is 6.92 Å². The van der Waals surface area contributed by atoms with Crippen LogP contribution < -0.4 is 10.6 Å². The van der Waals surface area contributed by atoms with E-state index in [9.17, 15) is 14.4 Å². The molecular formula is C20H20ClN3O5. The average molecular weight is 418 g/mol. The minimum Gasteiger partial charge on any atom is -0.463 e. The number of urea groups is 1. The highest BCUT2D eigenvalue weighted by Crippen LogP contribution is 2.22. The highest BCUT2D eigenvalue weighted by atomic mass is 35.5. The van der Waals surface area contributed by atoms with Crippen molar-refractivity contribution in [2.45, 2.75) is 26.3 Å². The highest BCUT2D eigenvalue weighted by molar-refractivity contribution is 6.30. The van der Waals surface area contributed by atoms with E-state index in [4.69, 9.17) is 21.1 Å². The van der Waals surface area contributed by atoms with Crippen molar-refractivity contribution in [1.82, 2.24) is 15.6 Å². The predicted octanol–water partition coefficient (Wildman–Crippen LogP) is 2.95. The summed E-state index contributed by atoms with van der Waals surface area (Å²) in [6, 6.07) is 7.43. The molecule has 8 nitrogen and oxygen atoms in total. The van der Waals surface area contributed by atoms with Crippen molar-refractivity contribution in [3.63, 3.8) is 0 Å². The van der Waals surface area contributed by atoms with Crippen molar-refractivity contribution in [2.75, 3.05) is 13.2 Å². The molecule has 0 bridgehead atoms. The largest absolute Gasteiger partial charge is 0.463 e. The molecule has 0 unspecified atom stereocenters. The Morgan fingerprint density at radius 1 is 1.17 bits per heavy atom. The summed E-state index contributed by atoms with van der Waals surface area (Å²) >= 11 is 6.02. The summed E-state index contributed by atoms with van der Waals surface area (Å²) in [7, 11) is 0. The van der Waals surface area contributed by atoms with Gasteiger partial charge in [0.05, 0.1) is 35.0 Å². The number of nitrogens with zero attached hydrogens (tertiary/aromatic N) is 1. The zero-order valence-electron chi connectivity index (χ0n) is 16.0. The number of ether oxygens (including phenoxy) is 2. The van der Waals surface area contributed by atoms with Crippen molar-refractivity contribution in [1.29, 1.82) is 0 Å². The van der Waals surface area contributed by atoms with Crippen LogP contribution in [0.15, 0.2) is 41.6 Å². The van der Waals surface area contributed by atoms with Gasteiger partial charge in [-0.3, -0.25) is 0 Å². The number of rotatable bonds is 6. The van der Waals surface area contributed by atoms with E-state index < -0.39 is 24.0 Å². The number of hydrogen-bond donors (Lipinski definition) is 2. The fraction of sp³-hybridized carbons (Fsp3) is 0.300. The Bertz CT molecular complexity index is 1000. The zero-order valence-corrected chi connectivity index (χ0v) is 16.7. The number of halogens is 1. The average Bonchev–Trinajstić information content (AvgIpc) is 2.70.